The second kappa shape index (κ2) is 64.6. The molecule has 0 aromatic heterocycles. The second-order valence-corrected chi connectivity index (χ2v) is 21.3. The largest absolute Gasteiger partial charge is 0.462 e. The van der Waals surface area contributed by atoms with E-state index in [1.807, 2.05) is 6.08 Å². The third-order valence-electron chi connectivity index (χ3n) is 13.8. The summed E-state index contributed by atoms with van der Waals surface area (Å²) in [5.41, 5.74) is 0. The zero-order valence-electron chi connectivity index (χ0n) is 50.4. The molecular weight excluding hydrogens is 949 g/mol. The van der Waals surface area contributed by atoms with E-state index in [4.69, 9.17) is 14.2 Å². The Morgan fingerprint density at radius 3 is 0.870 bits per heavy atom. The first-order chi connectivity index (χ1) is 38.0. The van der Waals surface area contributed by atoms with Crippen molar-refractivity contribution in [1.29, 1.82) is 0 Å². The van der Waals surface area contributed by atoms with E-state index in [0.717, 1.165) is 103 Å². The Morgan fingerprint density at radius 2 is 0.532 bits per heavy atom. The molecular formula is C71H120O6. The lowest BCUT2D eigenvalue weighted by Gasteiger charge is -2.18. The normalized spacial score (nSPS) is 12.8. The van der Waals surface area contributed by atoms with Gasteiger partial charge in [0.15, 0.2) is 6.10 Å². The molecule has 0 fully saturated rings. The van der Waals surface area contributed by atoms with Crippen molar-refractivity contribution >= 4 is 17.9 Å². The van der Waals surface area contributed by atoms with Crippen LogP contribution >= 0.6 is 0 Å². The fourth-order valence-electron chi connectivity index (χ4n) is 8.95. The topological polar surface area (TPSA) is 78.9 Å². The third-order valence-corrected chi connectivity index (χ3v) is 13.8. The Labute approximate surface area is 476 Å². The van der Waals surface area contributed by atoms with E-state index in [2.05, 4.69) is 124 Å². The molecule has 77 heavy (non-hydrogen) atoms. The van der Waals surface area contributed by atoms with Gasteiger partial charge in [-0.05, 0) is 96.3 Å². The van der Waals surface area contributed by atoms with Crippen LogP contribution in [0.15, 0.2) is 109 Å². The molecule has 0 aliphatic heterocycles. The van der Waals surface area contributed by atoms with E-state index in [1.54, 1.807) is 0 Å². The Hall–Kier alpha value is -3.93. The summed E-state index contributed by atoms with van der Waals surface area (Å²) in [4.78, 5) is 38.3. The van der Waals surface area contributed by atoms with Gasteiger partial charge in [0.2, 0.25) is 0 Å². The van der Waals surface area contributed by atoms with Crippen LogP contribution in [0, 0.1) is 0 Å². The lowest BCUT2D eigenvalue weighted by atomic mass is 10.0. The lowest BCUT2D eigenvalue weighted by molar-refractivity contribution is -0.166. The molecule has 6 heteroatoms. The van der Waals surface area contributed by atoms with Crippen molar-refractivity contribution in [2.45, 2.75) is 309 Å². The van der Waals surface area contributed by atoms with Gasteiger partial charge in [0.25, 0.3) is 0 Å². The number of allylic oxidation sites excluding steroid dienone is 18. The summed E-state index contributed by atoms with van der Waals surface area (Å²) in [5.74, 6) is -1.000. The van der Waals surface area contributed by atoms with Gasteiger partial charge in [-0.15, -0.1) is 0 Å². The number of ether oxygens (including phenoxy) is 3. The van der Waals surface area contributed by atoms with Crippen molar-refractivity contribution in [3.8, 4) is 0 Å². The minimum atomic E-state index is -0.826. The van der Waals surface area contributed by atoms with E-state index in [-0.39, 0.29) is 31.6 Å². The minimum Gasteiger partial charge on any atom is -0.462 e. The molecule has 0 N–H and O–H groups in total. The lowest BCUT2D eigenvalue weighted by Crippen LogP contribution is -2.30. The number of rotatable bonds is 58. The Bertz CT molecular complexity index is 1560. The van der Waals surface area contributed by atoms with Gasteiger partial charge < -0.3 is 14.2 Å². The van der Waals surface area contributed by atoms with E-state index < -0.39 is 12.1 Å². The third kappa shape index (κ3) is 62.8. The predicted molar refractivity (Wildman–Crippen MR) is 334 cm³/mol. The maximum absolute atomic E-state index is 12.9. The van der Waals surface area contributed by atoms with Gasteiger partial charge in [-0.3, -0.25) is 14.4 Å². The van der Waals surface area contributed by atoms with Crippen LogP contribution in [0.2, 0.25) is 0 Å². The molecule has 1 atom stereocenters. The summed E-state index contributed by atoms with van der Waals surface area (Å²) in [7, 11) is 0. The maximum Gasteiger partial charge on any atom is 0.306 e. The summed E-state index contributed by atoms with van der Waals surface area (Å²) in [6, 6.07) is 0. The maximum atomic E-state index is 12.9. The molecule has 0 spiro atoms. The van der Waals surface area contributed by atoms with E-state index in [1.165, 1.54) is 154 Å². The Kier molecular flexibility index (Phi) is 61.3. The zero-order chi connectivity index (χ0) is 55.7. The van der Waals surface area contributed by atoms with Crippen LogP contribution in [0.1, 0.15) is 303 Å². The summed E-state index contributed by atoms with van der Waals surface area (Å²) in [5, 5.41) is 0. The van der Waals surface area contributed by atoms with Crippen LogP contribution in [0.4, 0.5) is 0 Å². The smallest absolute Gasteiger partial charge is 0.306 e. The molecule has 6 nitrogen and oxygen atoms in total. The van der Waals surface area contributed by atoms with Gasteiger partial charge in [-0.2, -0.15) is 0 Å². The van der Waals surface area contributed by atoms with Crippen LogP contribution in [-0.4, -0.2) is 37.2 Å². The molecule has 0 heterocycles. The fourth-order valence-corrected chi connectivity index (χ4v) is 8.95. The number of hydrogen-bond donors (Lipinski definition) is 0. The highest BCUT2D eigenvalue weighted by Gasteiger charge is 2.19. The van der Waals surface area contributed by atoms with Gasteiger partial charge in [0.1, 0.15) is 13.2 Å². The molecule has 0 aromatic carbocycles. The van der Waals surface area contributed by atoms with Crippen molar-refractivity contribution < 1.29 is 28.6 Å². The minimum absolute atomic E-state index is 0.111. The van der Waals surface area contributed by atoms with E-state index in [9.17, 15) is 14.4 Å². The van der Waals surface area contributed by atoms with Gasteiger partial charge in [0, 0.05) is 19.3 Å². The van der Waals surface area contributed by atoms with Crippen molar-refractivity contribution in [2.75, 3.05) is 13.2 Å². The Balaban J connectivity index is 4.48. The van der Waals surface area contributed by atoms with Crippen molar-refractivity contribution in [1.82, 2.24) is 0 Å². The standard InChI is InChI=1S/C71H120O6/c1-4-7-10-13-16-19-22-25-28-31-34-35-38-40-43-46-49-52-55-58-61-64-70(73)76-67-68(77-71(74)65-62-59-56-53-50-47-44-41-37-33-30-27-24-21-18-15-12-9-6-3)66-75-69(72)63-60-57-54-51-48-45-42-39-36-32-29-26-23-20-17-14-11-8-5-2/h9,12,17-18,20-21,26-27,29-30,36-37,39,41,47,50,56,59,68H,4-8,10-11,13-16,19,22-25,28,31-35,38,40,42-46,48-49,51-55,57-58,60-67H2,1-3H3/b12-9-,20-17-,21-18-,29-26-,30-27-,39-36-,41-37-,50-47-,59-56-. The molecule has 0 rings (SSSR count). The van der Waals surface area contributed by atoms with E-state index >= 15 is 0 Å². The first kappa shape index (κ1) is 73.1. The monoisotopic (exact) mass is 1070 g/mol. The highest BCUT2D eigenvalue weighted by Crippen LogP contribution is 2.16. The summed E-state index contributed by atoms with van der Waals surface area (Å²) in [6.07, 6.45) is 88.2. The van der Waals surface area contributed by atoms with Crippen molar-refractivity contribution in [2.24, 2.45) is 0 Å². The van der Waals surface area contributed by atoms with Crippen molar-refractivity contribution in [3.05, 3.63) is 109 Å². The van der Waals surface area contributed by atoms with Crippen LogP contribution in [0.25, 0.3) is 0 Å². The highest BCUT2D eigenvalue weighted by molar-refractivity contribution is 5.71. The first-order valence-corrected chi connectivity index (χ1v) is 32.4. The molecule has 0 saturated heterocycles. The molecule has 0 bridgehead atoms. The average Bonchev–Trinajstić information content (AvgIpc) is 3.43. The van der Waals surface area contributed by atoms with Crippen LogP contribution in [0.3, 0.4) is 0 Å². The molecule has 440 valence electrons. The summed E-state index contributed by atoms with van der Waals surface area (Å²) < 4.78 is 16.9. The summed E-state index contributed by atoms with van der Waals surface area (Å²) >= 11 is 0. The van der Waals surface area contributed by atoms with E-state index in [0.29, 0.717) is 19.3 Å². The van der Waals surface area contributed by atoms with Gasteiger partial charge in [-0.25, -0.2) is 0 Å². The first-order valence-electron chi connectivity index (χ1n) is 32.4. The van der Waals surface area contributed by atoms with Gasteiger partial charge >= 0.3 is 17.9 Å². The molecule has 0 saturated carbocycles. The number of carbonyl (C=O) groups is 3. The van der Waals surface area contributed by atoms with Gasteiger partial charge in [-0.1, -0.05) is 297 Å². The highest BCUT2D eigenvalue weighted by atomic mass is 16.6. The summed E-state index contributed by atoms with van der Waals surface area (Å²) in [6.45, 7) is 6.46. The van der Waals surface area contributed by atoms with Crippen molar-refractivity contribution in [3.63, 3.8) is 0 Å². The molecule has 0 aromatic rings. The predicted octanol–water partition coefficient (Wildman–Crippen LogP) is 22.2. The SMILES string of the molecule is CC/C=C\C/C=C\C/C=C\C/C=C\C/C=C\C/C=C\CCC(=O)OC(COC(=O)CCCCCCCC/C=C\C/C=C\C/C=C\CCCCC)COC(=O)CCCCCCCCCCCCCCCCCCCCCCC. The number of esters is 3. The number of carbonyl (C=O) groups excluding carboxylic acids is 3. The van der Waals surface area contributed by atoms with Crippen LogP contribution in [0.5, 0.6) is 0 Å². The molecule has 0 aliphatic carbocycles. The number of hydrogen-bond acceptors (Lipinski definition) is 6. The second-order valence-electron chi connectivity index (χ2n) is 21.3. The molecule has 1 unspecified atom stereocenters. The molecule has 0 amide bonds. The number of unbranched alkanes of at least 4 members (excludes halogenated alkanes) is 29. The fraction of sp³-hybridized carbons (Fsp3) is 0.704. The quantitative estimate of drug-likeness (QED) is 0.0261. The molecule has 0 aliphatic rings. The van der Waals surface area contributed by atoms with Gasteiger partial charge in [0.05, 0.1) is 0 Å². The average molecular weight is 1070 g/mol. The molecule has 0 radical (unpaired) electrons. The van der Waals surface area contributed by atoms with Crippen LogP contribution in [-0.2, 0) is 28.6 Å². The van der Waals surface area contributed by atoms with Crippen LogP contribution < -0.4 is 0 Å². The zero-order valence-corrected chi connectivity index (χ0v) is 50.4. The Morgan fingerprint density at radius 1 is 0.273 bits per heavy atom.